The van der Waals surface area contributed by atoms with Gasteiger partial charge in [-0.25, -0.2) is 8.42 Å². The maximum atomic E-state index is 11.3. The Morgan fingerprint density at radius 1 is 1.50 bits per heavy atom. The van der Waals surface area contributed by atoms with Crippen LogP contribution in [-0.2, 0) is 9.84 Å². The van der Waals surface area contributed by atoms with E-state index in [0.29, 0.717) is 12.8 Å². The third-order valence-corrected chi connectivity index (χ3v) is 6.75. The predicted octanol–water partition coefficient (Wildman–Crippen LogP) is 1.85. The summed E-state index contributed by atoms with van der Waals surface area (Å²) in [6.07, 6.45) is 3.01. The lowest BCUT2D eigenvalue weighted by atomic mass is 9.95. The van der Waals surface area contributed by atoms with Crippen molar-refractivity contribution in [1.29, 1.82) is 0 Å². The molecule has 1 saturated heterocycles. The molecule has 3 nitrogen and oxygen atoms in total. The molecule has 2 atom stereocenters. The predicted molar refractivity (Wildman–Crippen MR) is 69.7 cm³/mol. The molecule has 0 radical (unpaired) electrons. The number of aliphatic hydroxyl groups excluding tert-OH is 1. The molecular weight excluding hydrogens is 244 g/mol. The largest absolute Gasteiger partial charge is 0.392 e. The maximum absolute atomic E-state index is 11.3. The molecule has 0 aromatic rings. The van der Waals surface area contributed by atoms with Crippen molar-refractivity contribution in [3.8, 4) is 0 Å². The molecule has 16 heavy (non-hydrogen) atoms. The average Bonchev–Trinajstić information content (AvgIpc) is 2.66. The first-order chi connectivity index (χ1) is 7.40. The number of rotatable bonds is 6. The van der Waals surface area contributed by atoms with Crippen molar-refractivity contribution in [2.45, 2.75) is 50.4 Å². The molecule has 96 valence electrons. The lowest BCUT2D eigenvalue weighted by molar-refractivity contribution is 0.123. The minimum atomic E-state index is -2.88. The topological polar surface area (TPSA) is 54.4 Å². The van der Waals surface area contributed by atoms with E-state index < -0.39 is 9.84 Å². The van der Waals surface area contributed by atoms with Crippen LogP contribution in [0.4, 0.5) is 0 Å². The fourth-order valence-corrected chi connectivity index (χ4v) is 4.26. The van der Waals surface area contributed by atoms with E-state index in [1.54, 1.807) is 6.92 Å². The lowest BCUT2D eigenvalue weighted by Gasteiger charge is -2.29. The maximum Gasteiger partial charge on any atom is 0.150 e. The molecule has 1 aliphatic rings. The van der Waals surface area contributed by atoms with Crippen LogP contribution in [0.5, 0.6) is 0 Å². The highest BCUT2D eigenvalue weighted by molar-refractivity contribution is 8.00. The molecule has 1 aliphatic heterocycles. The van der Waals surface area contributed by atoms with Crippen LogP contribution in [0.2, 0.25) is 0 Å². The summed E-state index contributed by atoms with van der Waals surface area (Å²) >= 11 is 1.82. The zero-order valence-electron chi connectivity index (χ0n) is 10.1. The first-order valence-corrected chi connectivity index (χ1v) is 8.73. The summed E-state index contributed by atoms with van der Waals surface area (Å²) in [5.41, 5.74) is 0. The Morgan fingerprint density at radius 3 is 2.69 bits per heavy atom. The Hall–Kier alpha value is 0.260. The second-order valence-electron chi connectivity index (χ2n) is 4.66. The minimum absolute atomic E-state index is 0.0457. The Morgan fingerprint density at radius 2 is 2.19 bits per heavy atom. The summed E-state index contributed by atoms with van der Waals surface area (Å²) in [5, 5.41) is 10.1. The zero-order valence-corrected chi connectivity index (χ0v) is 11.7. The summed E-state index contributed by atoms with van der Waals surface area (Å²) < 4.78 is 22.5. The van der Waals surface area contributed by atoms with Crippen LogP contribution in [0.25, 0.3) is 0 Å². The molecule has 5 heteroatoms. The van der Waals surface area contributed by atoms with Crippen molar-refractivity contribution in [2.75, 3.05) is 17.3 Å². The van der Waals surface area contributed by atoms with Crippen molar-refractivity contribution in [3.05, 3.63) is 0 Å². The smallest absolute Gasteiger partial charge is 0.150 e. The van der Waals surface area contributed by atoms with E-state index in [0.717, 1.165) is 18.6 Å². The molecule has 0 amide bonds. The second-order valence-corrected chi connectivity index (χ2v) is 8.76. The summed E-state index contributed by atoms with van der Waals surface area (Å²) in [6, 6.07) is 0. The van der Waals surface area contributed by atoms with Gasteiger partial charge in [0, 0.05) is 10.5 Å². The number of aliphatic hydroxyl groups is 1. The van der Waals surface area contributed by atoms with E-state index in [1.807, 2.05) is 11.8 Å². The van der Waals surface area contributed by atoms with Crippen LogP contribution in [0.15, 0.2) is 0 Å². The van der Waals surface area contributed by atoms with Gasteiger partial charge in [0.25, 0.3) is 0 Å². The molecule has 1 N–H and O–H groups in total. The Balaban J connectivity index is 2.33. The van der Waals surface area contributed by atoms with Gasteiger partial charge in [-0.1, -0.05) is 6.92 Å². The van der Waals surface area contributed by atoms with Gasteiger partial charge in [-0.15, -0.1) is 0 Å². The van der Waals surface area contributed by atoms with Crippen LogP contribution < -0.4 is 0 Å². The summed E-state index contributed by atoms with van der Waals surface area (Å²) in [7, 11) is -2.88. The summed E-state index contributed by atoms with van der Waals surface area (Å²) in [4.78, 5) is 0. The molecule has 0 aromatic heterocycles. The fourth-order valence-electron chi connectivity index (χ4n) is 2.01. The van der Waals surface area contributed by atoms with Gasteiger partial charge in [-0.2, -0.15) is 11.8 Å². The first kappa shape index (κ1) is 14.3. The standard InChI is InChI=1S/C11H22O3S2/c1-3-16(13,14)9-4-6-10(12)11(2)7-5-8-15-11/h10,12H,3-9H2,1-2H3. The van der Waals surface area contributed by atoms with Crippen LogP contribution in [0.1, 0.15) is 39.5 Å². The zero-order chi connectivity index (χ0) is 12.2. The van der Waals surface area contributed by atoms with Crippen LogP contribution in [0, 0.1) is 0 Å². The van der Waals surface area contributed by atoms with Gasteiger partial charge >= 0.3 is 0 Å². The van der Waals surface area contributed by atoms with Gasteiger partial charge in [-0.05, 0) is 38.4 Å². The number of sulfone groups is 1. The molecule has 0 aromatic carbocycles. The van der Waals surface area contributed by atoms with Crippen molar-refractivity contribution < 1.29 is 13.5 Å². The molecule has 1 heterocycles. The molecule has 0 saturated carbocycles. The Bertz CT molecular complexity index is 305. The van der Waals surface area contributed by atoms with Crippen molar-refractivity contribution in [3.63, 3.8) is 0 Å². The van der Waals surface area contributed by atoms with Gasteiger partial charge in [0.2, 0.25) is 0 Å². The summed E-state index contributed by atoms with van der Waals surface area (Å²) in [5.74, 6) is 1.53. The van der Waals surface area contributed by atoms with Crippen LogP contribution >= 0.6 is 11.8 Å². The monoisotopic (exact) mass is 266 g/mol. The molecule has 0 spiro atoms. The highest BCUT2D eigenvalue weighted by Gasteiger charge is 2.36. The molecule has 1 fully saturated rings. The molecule has 1 rings (SSSR count). The van der Waals surface area contributed by atoms with Crippen molar-refractivity contribution >= 4 is 21.6 Å². The minimum Gasteiger partial charge on any atom is -0.392 e. The number of thioether (sulfide) groups is 1. The van der Waals surface area contributed by atoms with E-state index in [9.17, 15) is 13.5 Å². The van der Waals surface area contributed by atoms with E-state index in [1.165, 1.54) is 0 Å². The lowest BCUT2D eigenvalue weighted by Crippen LogP contribution is -2.33. The van der Waals surface area contributed by atoms with Gasteiger partial charge in [-0.3, -0.25) is 0 Å². The van der Waals surface area contributed by atoms with Crippen molar-refractivity contribution in [2.24, 2.45) is 0 Å². The average molecular weight is 266 g/mol. The number of hydrogen-bond acceptors (Lipinski definition) is 4. The molecule has 0 bridgehead atoms. The highest BCUT2D eigenvalue weighted by Crippen LogP contribution is 2.41. The van der Waals surface area contributed by atoms with Gasteiger partial charge in [0.1, 0.15) is 9.84 Å². The van der Waals surface area contributed by atoms with Crippen LogP contribution in [-0.4, -0.2) is 41.6 Å². The van der Waals surface area contributed by atoms with Crippen LogP contribution in [0.3, 0.4) is 0 Å². The molecular formula is C11H22O3S2. The first-order valence-electron chi connectivity index (χ1n) is 5.92. The quantitative estimate of drug-likeness (QED) is 0.797. The highest BCUT2D eigenvalue weighted by atomic mass is 32.2. The molecule has 2 unspecified atom stereocenters. The normalized spacial score (nSPS) is 28.2. The SMILES string of the molecule is CCS(=O)(=O)CCCC(O)C1(C)CCCS1. The van der Waals surface area contributed by atoms with Gasteiger partial charge in [0.05, 0.1) is 11.9 Å². The van der Waals surface area contributed by atoms with E-state index in [2.05, 4.69) is 6.92 Å². The van der Waals surface area contributed by atoms with E-state index in [4.69, 9.17) is 0 Å². The Kier molecular flexibility index (Phi) is 5.13. The third kappa shape index (κ3) is 3.93. The molecule has 0 aliphatic carbocycles. The number of hydrogen-bond donors (Lipinski definition) is 1. The van der Waals surface area contributed by atoms with Gasteiger partial charge < -0.3 is 5.11 Å². The third-order valence-electron chi connectivity index (χ3n) is 3.33. The van der Waals surface area contributed by atoms with Crippen molar-refractivity contribution in [1.82, 2.24) is 0 Å². The Labute approximate surface area is 103 Å². The van der Waals surface area contributed by atoms with E-state index >= 15 is 0 Å². The van der Waals surface area contributed by atoms with E-state index in [-0.39, 0.29) is 22.4 Å². The second kappa shape index (κ2) is 5.74. The van der Waals surface area contributed by atoms with Gasteiger partial charge in [0.15, 0.2) is 0 Å². The summed E-state index contributed by atoms with van der Waals surface area (Å²) in [6.45, 7) is 3.75. The fraction of sp³-hybridized carbons (Fsp3) is 1.00.